The molecule has 2 heterocycles. The molecule has 1 atom stereocenters. The van der Waals surface area contributed by atoms with Crippen molar-refractivity contribution in [3.63, 3.8) is 0 Å². The monoisotopic (exact) mass is 348 g/mol. The Balaban J connectivity index is 2.11. The van der Waals surface area contributed by atoms with Gasteiger partial charge < -0.3 is 19.5 Å². The number of alkyl halides is 3. The molecule has 1 aromatic heterocycles. The number of hydrogen-bond acceptors (Lipinski definition) is 6. The number of rotatable bonds is 6. The molecule has 0 bridgehead atoms. The SMILES string of the molecule is CCOC(=O)c1ccc(C(F)(F)F)nc1COCC1COC(=O)N1. The van der Waals surface area contributed by atoms with Crippen LogP contribution in [0.4, 0.5) is 18.0 Å². The molecular weight excluding hydrogens is 333 g/mol. The molecule has 0 spiro atoms. The van der Waals surface area contributed by atoms with Gasteiger partial charge in [0.15, 0.2) is 0 Å². The summed E-state index contributed by atoms with van der Waals surface area (Å²) in [5, 5.41) is 2.46. The Morgan fingerprint density at radius 3 is 2.79 bits per heavy atom. The summed E-state index contributed by atoms with van der Waals surface area (Å²) in [5.41, 5.74) is -1.42. The van der Waals surface area contributed by atoms with Gasteiger partial charge in [0.25, 0.3) is 0 Å². The van der Waals surface area contributed by atoms with Gasteiger partial charge in [0.05, 0.1) is 37.1 Å². The maximum absolute atomic E-state index is 12.8. The number of pyridine rings is 1. The van der Waals surface area contributed by atoms with Crippen LogP contribution in [-0.4, -0.2) is 42.9 Å². The van der Waals surface area contributed by atoms with Crippen LogP contribution in [0, 0.1) is 0 Å². The number of halogens is 3. The van der Waals surface area contributed by atoms with Crippen molar-refractivity contribution in [2.24, 2.45) is 0 Å². The number of carbonyl (C=O) groups excluding carboxylic acids is 2. The molecule has 1 N–H and O–H groups in total. The summed E-state index contributed by atoms with van der Waals surface area (Å²) in [6, 6.07) is 1.31. The predicted molar refractivity (Wildman–Crippen MR) is 73.1 cm³/mol. The third-order valence-corrected chi connectivity index (χ3v) is 3.06. The second-order valence-electron chi connectivity index (χ2n) is 4.86. The van der Waals surface area contributed by atoms with E-state index in [4.69, 9.17) is 9.47 Å². The number of ether oxygens (including phenoxy) is 3. The van der Waals surface area contributed by atoms with Crippen molar-refractivity contribution in [3.05, 3.63) is 29.1 Å². The molecule has 1 amide bonds. The van der Waals surface area contributed by atoms with Crippen LogP contribution in [0.1, 0.15) is 28.7 Å². The normalized spacial score (nSPS) is 17.3. The van der Waals surface area contributed by atoms with Crippen molar-refractivity contribution in [3.8, 4) is 0 Å². The van der Waals surface area contributed by atoms with Gasteiger partial charge in [0.2, 0.25) is 0 Å². The number of cyclic esters (lactones) is 1. The van der Waals surface area contributed by atoms with E-state index >= 15 is 0 Å². The van der Waals surface area contributed by atoms with Crippen LogP contribution in [0.5, 0.6) is 0 Å². The lowest BCUT2D eigenvalue weighted by Gasteiger charge is -2.13. The van der Waals surface area contributed by atoms with Gasteiger partial charge in [0, 0.05) is 0 Å². The van der Waals surface area contributed by atoms with Crippen molar-refractivity contribution < 1.29 is 37.0 Å². The van der Waals surface area contributed by atoms with Gasteiger partial charge in [-0.2, -0.15) is 13.2 Å². The number of nitrogens with zero attached hydrogens (tertiary/aromatic N) is 1. The summed E-state index contributed by atoms with van der Waals surface area (Å²) in [7, 11) is 0. The summed E-state index contributed by atoms with van der Waals surface area (Å²) < 4.78 is 53.0. The average Bonchev–Trinajstić information content (AvgIpc) is 2.92. The van der Waals surface area contributed by atoms with E-state index in [1.807, 2.05) is 0 Å². The van der Waals surface area contributed by atoms with Crippen LogP contribution in [-0.2, 0) is 27.0 Å². The Kier molecular flexibility index (Phi) is 5.60. The Morgan fingerprint density at radius 1 is 1.46 bits per heavy atom. The molecule has 2 rings (SSSR count). The first-order valence-electron chi connectivity index (χ1n) is 7.06. The highest BCUT2D eigenvalue weighted by atomic mass is 19.4. The van der Waals surface area contributed by atoms with E-state index < -0.39 is 30.0 Å². The number of carbonyl (C=O) groups is 2. The summed E-state index contributed by atoms with van der Waals surface area (Å²) in [6.45, 7) is 1.41. The number of amides is 1. The number of esters is 1. The van der Waals surface area contributed by atoms with Crippen molar-refractivity contribution >= 4 is 12.1 Å². The van der Waals surface area contributed by atoms with E-state index in [-0.39, 0.29) is 37.7 Å². The molecule has 132 valence electrons. The first kappa shape index (κ1) is 18.0. The molecule has 10 heteroatoms. The third-order valence-electron chi connectivity index (χ3n) is 3.06. The molecule has 0 aliphatic carbocycles. The van der Waals surface area contributed by atoms with Gasteiger partial charge in [-0.05, 0) is 19.1 Å². The number of hydrogen-bond donors (Lipinski definition) is 1. The van der Waals surface area contributed by atoms with Gasteiger partial charge in [-0.15, -0.1) is 0 Å². The fraction of sp³-hybridized carbons (Fsp3) is 0.500. The topological polar surface area (TPSA) is 86.8 Å². The molecule has 1 saturated heterocycles. The molecule has 7 nitrogen and oxygen atoms in total. The lowest BCUT2D eigenvalue weighted by molar-refractivity contribution is -0.141. The van der Waals surface area contributed by atoms with Crippen molar-refractivity contribution in [2.75, 3.05) is 19.8 Å². The largest absolute Gasteiger partial charge is 0.462 e. The summed E-state index contributed by atoms with van der Waals surface area (Å²) in [5.74, 6) is -0.783. The molecule has 0 radical (unpaired) electrons. The minimum absolute atomic E-state index is 0.00588. The van der Waals surface area contributed by atoms with Gasteiger partial charge in [-0.3, -0.25) is 0 Å². The quantitative estimate of drug-likeness (QED) is 0.790. The third kappa shape index (κ3) is 4.57. The Labute approximate surface area is 135 Å². The lowest BCUT2D eigenvalue weighted by atomic mass is 10.1. The number of alkyl carbamates (subject to hydrolysis) is 1. The Bertz CT molecular complexity index is 621. The standard InChI is InChI=1S/C14H15F3N2O5/c1-2-23-12(20)9-3-4-11(14(15,16)17)19-10(9)7-22-5-8-6-24-13(21)18-8/h3-4,8H,2,5-7H2,1H3,(H,18,21). The van der Waals surface area contributed by atoms with E-state index in [9.17, 15) is 22.8 Å². The fourth-order valence-corrected chi connectivity index (χ4v) is 1.98. The highest BCUT2D eigenvalue weighted by molar-refractivity contribution is 5.90. The van der Waals surface area contributed by atoms with Gasteiger partial charge in [-0.25, -0.2) is 14.6 Å². The molecule has 0 saturated carbocycles. The van der Waals surface area contributed by atoms with Crippen LogP contribution >= 0.6 is 0 Å². The van der Waals surface area contributed by atoms with Crippen LogP contribution < -0.4 is 5.32 Å². The average molecular weight is 348 g/mol. The van der Waals surface area contributed by atoms with Crippen molar-refractivity contribution in [1.82, 2.24) is 10.3 Å². The van der Waals surface area contributed by atoms with Gasteiger partial charge >= 0.3 is 18.2 Å². The fourth-order valence-electron chi connectivity index (χ4n) is 1.98. The van der Waals surface area contributed by atoms with E-state index in [2.05, 4.69) is 15.0 Å². The maximum atomic E-state index is 12.8. The molecule has 24 heavy (non-hydrogen) atoms. The first-order chi connectivity index (χ1) is 11.3. The molecule has 0 aromatic carbocycles. The molecule has 1 fully saturated rings. The minimum Gasteiger partial charge on any atom is -0.462 e. The first-order valence-corrected chi connectivity index (χ1v) is 7.06. The van der Waals surface area contributed by atoms with Crippen molar-refractivity contribution in [1.29, 1.82) is 0 Å². The lowest BCUT2D eigenvalue weighted by Crippen LogP contribution is -2.31. The Hall–Kier alpha value is -2.36. The molecular formula is C14H15F3N2O5. The van der Waals surface area contributed by atoms with E-state index in [0.717, 1.165) is 6.07 Å². The zero-order valence-corrected chi connectivity index (χ0v) is 12.7. The highest BCUT2D eigenvalue weighted by Crippen LogP contribution is 2.28. The molecule has 1 aromatic rings. The van der Waals surface area contributed by atoms with E-state index in [1.54, 1.807) is 6.92 Å². The highest BCUT2D eigenvalue weighted by Gasteiger charge is 2.33. The molecule has 1 unspecified atom stereocenters. The van der Waals surface area contributed by atoms with Gasteiger partial charge in [-0.1, -0.05) is 0 Å². The predicted octanol–water partition coefficient (Wildman–Crippen LogP) is 1.90. The van der Waals surface area contributed by atoms with E-state index in [0.29, 0.717) is 6.07 Å². The smallest absolute Gasteiger partial charge is 0.433 e. The second-order valence-corrected chi connectivity index (χ2v) is 4.86. The molecule has 1 aliphatic heterocycles. The number of aromatic nitrogens is 1. The van der Waals surface area contributed by atoms with Crippen LogP contribution in [0.25, 0.3) is 0 Å². The van der Waals surface area contributed by atoms with Gasteiger partial charge in [0.1, 0.15) is 12.3 Å². The zero-order chi connectivity index (χ0) is 17.7. The summed E-state index contributed by atoms with van der Waals surface area (Å²) >= 11 is 0. The van der Waals surface area contributed by atoms with Crippen LogP contribution in [0.15, 0.2) is 12.1 Å². The summed E-state index contributed by atoms with van der Waals surface area (Å²) in [4.78, 5) is 26.1. The summed E-state index contributed by atoms with van der Waals surface area (Å²) in [6.07, 6.45) is -5.23. The maximum Gasteiger partial charge on any atom is 0.433 e. The zero-order valence-electron chi connectivity index (χ0n) is 12.7. The van der Waals surface area contributed by atoms with Crippen molar-refractivity contribution in [2.45, 2.75) is 25.7 Å². The van der Waals surface area contributed by atoms with E-state index in [1.165, 1.54) is 0 Å². The van der Waals surface area contributed by atoms with Crippen LogP contribution in [0.2, 0.25) is 0 Å². The molecule has 1 aliphatic rings. The van der Waals surface area contributed by atoms with Crippen LogP contribution in [0.3, 0.4) is 0 Å². The Morgan fingerprint density at radius 2 is 2.21 bits per heavy atom. The minimum atomic E-state index is -4.64. The number of nitrogens with one attached hydrogen (secondary N) is 1. The second kappa shape index (κ2) is 7.47.